The highest BCUT2D eigenvalue weighted by atomic mass is 79.9. The van der Waals surface area contributed by atoms with Crippen molar-refractivity contribution >= 4 is 21.7 Å². The normalized spacial score (nSPS) is 10.4. The summed E-state index contributed by atoms with van der Waals surface area (Å²) in [6, 6.07) is 3.40. The van der Waals surface area contributed by atoms with Crippen LogP contribution in [0.5, 0.6) is 0 Å². The van der Waals surface area contributed by atoms with Crippen molar-refractivity contribution in [2.45, 2.75) is 0 Å². The molecule has 0 unspecified atom stereocenters. The van der Waals surface area contributed by atoms with Crippen molar-refractivity contribution in [3.05, 3.63) is 23.1 Å². The Kier molecular flexibility index (Phi) is 1.65. The van der Waals surface area contributed by atoms with Crippen molar-refractivity contribution in [1.29, 1.82) is 0 Å². The number of nitrogen functional groups attached to an aromatic ring is 1. The van der Waals surface area contributed by atoms with E-state index in [2.05, 4.69) is 21.1 Å². The summed E-state index contributed by atoms with van der Waals surface area (Å²) in [7, 11) is 0. The van der Waals surface area contributed by atoms with Crippen molar-refractivity contribution in [2.24, 2.45) is 0 Å². The Hall–Kier alpha value is -1.23. The van der Waals surface area contributed by atoms with Crippen LogP contribution in [-0.4, -0.2) is 5.16 Å². The summed E-state index contributed by atoms with van der Waals surface area (Å²) in [6.45, 7) is 0. The van der Waals surface area contributed by atoms with E-state index in [1.165, 1.54) is 0 Å². The fraction of sp³-hybridized carbons (Fsp3) is 0. The molecule has 12 heavy (non-hydrogen) atoms. The van der Waals surface area contributed by atoms with E-state index in [1.807, 2.05) is 0 Å². The van der Waals surface area contributed by atoms with E-state index in [4.69, 9.17) is 14.7 Å². The highest BCUT2D eigenvalue weighted by Gasteiger charge is 2.10. The fourth-order valence-electron chi connectivity index (χ4n) is 0.886. The molecule has 0 atom stereocenters. The van der Waals surface area contributed by atoms with E-state index in [1.54, 1.807) is 18.4 Å². The summed E-state index contributed by atoms with van der Waals surface area (Å²) < 4.78 is 10.6. The number of furan rings is 1. The third-order valence-electron chi connectivity index (χ3n) is 1.41. The molecule has 2 N–H and O–H groups in total. The molecule has 2 heterocycles. The summed E-state index contributed by atoms with van der Waals surface area (Å²) in [6.07, 6.45) is 1.55. The van der Waals surface area contributed by atoms with Gasteiger partial charge in [-0.2, -0.15) is 0 Å². The van der Waals surface area contributed by atoms with Gasteiger partial charge in [-0.05, 0) is 22.0 Å². The summed E-state index contributed by atoms with van der Waals surface area (Å²) in [5, 5.41) is 3.55. The van der Waals surface area contributed by atoms with E-state index in [0.717, 1.165) is 5.56 Å². The Morgan fingerprint density at radius 2 is 2.33 bits per heavy atom. The lowest BCUT2D eigenvalue weighted by Gasteiger charge is -1.86. The van der Waals surface area contributed by atoms with Gasteiger partial charge in [0.2, 0.25) is 0 Å². The molecular formula is C7H5BrN2O2. The maximum absolute atomic E-state index is 5.38. The van der Waals surface area contributed by atoms with Crippen LogP contribution < -0.4 is 5.73 Å². The van der Waals surface area contributed by atoms with Crippen LogP contribution in [0, 0.1) is 0 Å². The van der Waals surface area contributed by atoms with Gasteiger partial charge in [-0.25, -0.2) is 0 Å². The minimum absolute atomic E-state index is 0.359. The number of rotatable bonds is 1. The number of anilines is 1. The van der Waals surface area contributed by atoms with Gasteiger partial charge in [0.15, 0.2) is 16.2 Å². The van der Waals surface area contributed by atoms with Gasteiger partial charge in [0.1, 0.15) is 0 Å². The minimum atomic E-state index is 0.359. The molecule has 62 valence electrons. The first-order valence-electron chi connectivity index (χ1n) is 3.23. The van der Waals surface area contributed by atoms with Crippen molar-refractivity contribution in [1.82, 2.24) is 5.16 Å². The van der Waals surface area contributed by atoms with Crippen molar-refractivity contribution < 1.29 is 8.94 Å². The lowest BCUT2D eigenvalue weighted by molar-refractivity contribution is 0.434. The monoisotopic (exact) mass is 228 g/mol. The molecule has 0 saturated carbocycles. The average molecular weight is 229 g/mol. The van der Waals surface area contributed by atoms with Crippen molar-refractivity contribution in [3.8, 4) is 11.3 Å². The second kappa shape index (κ2) is 2.67. The van der Waals surface area contributed by atoms with Gasteiger partial charge in [0, 0.05) is 6.07 Å². The Bertz CT molecular complexity index is 394. The van der Waals surface area contributed by atoms with Crippen LogP contribution in [0.1, 0.15) is 0 Å². The smallest absolute Gasteiger partial charge is 0.180 e. The van der Waals surface area contributed by atoms with E-state index in [0.29, 0.717) is 16.2 Å². The first kappa shape index (κ1) is 7.42. The lowest BCUT2D eigenvalue weighted by Crippen LogP contribution is -1.79. The van der Waals surface area contributed by atoms with Crippen LogP contribution in [0.25, 0.3) is 11.3 Å². The van der Waals surface area contributed by atoms with Crippen LogP contribution in [0.4, 0.5) is 5.82 Å². The molecule has 4 nitrogen and oxygen atoms in total. The van der Waals surface area contributed by atoms with Crippen molar-refractivity contribution in [2.75, 3.05) is 5.73 Å². The van der Waals surface area contributed by atoms with Gasteiger partial charge in [-0.1, -0.05) is 5.16 Å². The van der Waals surface area contributed by atoms with Gasteiger partial charge < -0.3 is 14.7 Å². The highest BCUT2D eigenvalue weighted by Crippen LogP contribution is 2.29. The molecule has 0 bridgehead atoms. The minimum Gasteiger partial charge on any atom is -0.457 e. The molecule has 0 aliphatic rings. The summed E-state index contributed by atoms with van der Waals surface area (Å²) in [5.74, 6) is 0.950. The third-order valence-corrected chi connectivity index (χ3v) is 2.03. The zero-order valence-corrected chi connectivity index (χ0v) is 7.54. The standard InChI is InChI=1S/C7H5BrN2O2/c8-7-4(1-2-11-7)5-3-6(9)10-12-5/h1-3H,(H2,9,10). The Labute approximate surface area is 76.5 Å². The van der Waals surface area contributed by atoms with E-state index in [9.17, 15) is 0 Å². The summed E-state index contributed by atoms with van der Waals surface area (Å²) >= 11 is 3.22. The predicted molar refractivity (Wildman–Crippen MR) is 46.3 cm³/mol. The number of nitrogens with zero attached hydrogens (tertiary/aromatic N) is 1. The molecular weight excluding hydrogens is 224 g/mol. The highest BCUT2D eigenvalue weighted by molar-refractivity contribution is 9.10. The van der Waals surface area contributed by atoms with E-state index < -0.39 is 0 Å². The van der Waals surface area contributed by atoms with E-state index >= 15 is 0 Å². The lowest BCUT2D eigenvalue weighted by atomic mass is 10.3. The molecule has 0 spiro atoms. The predicted octanol–water partition coefficient (Wildman–Crippen LogP) is 2.28. The molecule has 0 aliphatic heterocycles. The Morgan fingerprint density at radius 1 is 1.50 bits per heavy atom. The first-order chi connectivity index (χ1) is 5.77. The zero-order valence-electron chi connectivity index (χ0n) is 5.95. The van der Waals surface area contributed by atoms with Gasteiger partial charge >= 0.3 is 0 Å². The number of hydrogen-bond acceptors (Lipinski definition) is 4. The average Bonchev–Trinajstić information content (AvgIpc) is 2.58. The molecule has 0 fully saturated rings. The Morgan fingerprint density at radius 3 is 2.83 bits per heavy atom. The molecule has 0 saturated heterocycles. The van der Waals surface area contributed by atoms with Gasteiger partial charge in [0.05, 0.1) is 11.8 Å². The molecule has 0 aromatic carbocycles. The molecule has 2 rings (SSSR count). The molecule has 2 aromatic heterocycles. The molecule has 0 aliphatic carbocycles. The number of aromatic nitrogens is 1. The molecule has 5 heteroatoms. The summed E-state index contributed by atoms with van der Waals surface area (Å²) in [5.41, 5.74) is 6.19. The van der Waals surface area contributed by atoms with E-state index in [-0.39, 0.29) is 0 Å². The fourth-order valence-corrected chi connectivity index (χ4v) is 1.32. The number of nitrogens with two attached hydrogens (primary N) is 1. The van der Waals surface area contributed by atoms with Crippen LogP contribution in [0.3, 0.4) is 0 Å². The quantitative estimate of drug-likeness (QED) is 0.814. The van der Waals surface area contributed by atoms with Crippen molar-refractivity contribution in [3.63, 3.8) is 0 Å². The SMILES string of the molecule is Nc1cc(-c2ccoc2Br)on1. The third kappa shape index (κ3) is 1.12. The second-order valence-corrected chi connectivity index (χ2v) is 2.94. The van der Waals surface area contributed by atoms with Gasteiger partial charge in [0.25, 0.3) is 0 Å². The molecule has 2 aromatic rings. The second-order valence-electron chi connectivity index (χ2n) is 2.22. The summed E-state index contributed by atoms with van der Waals surface area (Å²) in [4.78, 5) is 0. The van der Waals surface area contributed by atoms with Crippen LogP contribution in [0.15, 0.2) is 32.0 Å². The molecule has 0 radical (unpaired) electrons. The largest absolute Gasteiger partial charge is 0.457 e. The van der Waals surface area contributed by atoms with Crippen LogP contribution in [-0.2, 0) is 0 Å². The topological polar surface area (TPSA) is 65.2 Å². The Balaban J connectivity index is 2.50. The first-order valence-corrected chi connectivity index (χ1v) is 4.02. The number of halogens is 1. The van der Waals surface area contributed by atoms with Gasteiger partial charge in [-0.15, -0.1) is 0 Å². The maximum atomic E-state index is 5.38. The molecule has 0 amide bonds. The number of hydrogen-bond donors (Lipinski definition) is 1. The van der Waals surface area contributed by atoms with Gasteiger partial charge in [-0.3, -0.25) is 0 Å². The van der Waals surface area contributed by atoms with Crippen LogP contribution in [0.2, 0.25) is 0 Å². The van der Waals surface area contributed by atoms with Crippen LogP contribution >= 0.6 is 15.9 Å². The maximum Gasteiger partial charge on any atom is 0.180 e. The zero-order chi connectivity index (χ0) is 8.55.